The lowest BCUT2D eigenvalue weighted by Crippen LogP contribution is -2.51. The Kier molecular flexibility index (Phi) is 14.2. The highest BCUT2D eigenvalue weighted by molar-refractivity contribution is 7.19. The van der Waals surface area contributed by atoms with Crippen LogP contribution < -0.4 is 0 Å². The van der Waals surface area contributed by atoms with Crippen LogP contribution in [0.2, 0.25) is 0 Å². The molecule has 0 nitrogen and oxygen atoms in total. The standard InChI is InChI=1S/C26H54P2/c1-5-9-13-19-25(27,20-14-10-6-2)23-17-18-24(23)26(28,21-15-11-7-3)22-16-12-8-4/h23-24H,5-22,27-28H2,1-4H3. The molecular formula is C26H54P2. The van der Waals surface area contributed by atoms with Gasteiger partial charge in [-0.1, -0.05) is 105 Å². The van der Waals surface area contributed by atoms with Gasteiger partial charge in [0.1, 0.15) is 0 Å². The van der Waals surface area contributed by atoms with Crippen molar-refractivity contribution in [1.29, 1.82) is 0 Å². The highest BCUT2D eigenvalue weighted by Crippen LogP contribution is 2.59. The van der Waals surface area contributed by atoms with Gasteiger partial charge in [-0.2, -0.15) is 0 Å². The number of rotatable bonds is 18. The molecule has 1 aliphatic carbocycles. The average molecular weight is 429 g/mol. The Bertz CT molecular complexity index is 323. The van der Waals surface area contributed by atoms with Crippen LogP contribution in [-0.4, -0.2) is 10.3 Å². The van der Waals surface area contributed by atoms with E-state index in [2.05, 4.69) is 46.2 Å². The highest BCUT2D eigenvalue weighted by Gasteiger charge is 2.50. The summed E-state index contributed by atoms with van der Waals surface area (Å²) in [5.74, 6) is 1.90. The van der Waals surface area contributed by atoms with Gasteiger partial charge in [0.05, 0.1) is 0 Å². The van der Waals surface area contributed by atoms with E-state index in [0.29, 0.717) is 10.3 Å². The van der Waals surface area contributed by atoms with Crippen molar-refractivity contribution in [2.24, 2.45) is 11.8 Å². The minimum absolute atomic E-state index is 0.518. The Morgan fingerprint density at radius 1 is 0.500 bits per heavy atom. The van der Waals surface area contributed by atoms with Crippen LogP contribution in [0.25, 0.3) is 0 Å². The van der Waals surface area contributed by atoms with Crippen molar-refractivity contribution in [2.75, 3.05) is 0 Å². The predicted molar refractivity (Wildman–Crippen MR) is 138 cm³/mol. The van der Waals surface area contributed by atoms with E-state index < -0.39 is 0 Å². The summed E-state index contributed by atoms with van der Waals surface area (Å²) in [6.45, 7) is 9.40. The smallest absolute Gasteiger partial charge is 0.0119 e. The molecule has 168 valence electrons. The van der Waals surface area contributed by atoms with Crippen LogP contribution in [0.4, 0.5) is 0 Å². The highest BCUT2D eigenvalue weighted by atomic mass is 31.0. The van der Waals surface area contributed by atoms with Gasteiger partial charge >= 0.3 is 0 Å². The molecule has 1 fully saturated rings. The third-order valence-corrected chi connectivity index (χ3v) is 9.75. The minimum Gasteiger partial charge on any atom is -0.131 e. The molecule has 1 aliphatic rings. The van der Waals surface area contributed by atoms with Crippen LogP contribution in [0.1, 0.15) is 143 Å². The number of unbranched alkanes of at least 4 members (excludes halogenated alkanes) is 8. The van der Waals surface area contributed by atoms with Gasteiger partial charge in [-0.3, -0.25) is 0 Å². The van der Waals surface area contributed by atoms with Crippen molar-refractivity contribution in [3.05, 3.63) is 0 Å². The zero-order valence-corrected chi connectivity index (χ0v) is 22.3. The van der Waals surface area contributed by atoms with E-state index in [1.165, 1.54) is 116 Å². The van der Waals surface area contributed by atoms with Gasteiger partial charge in [0.25, 0.3) is 0 Å². The second-order valence-electron chi connectivity index (χ2n) is 10.1. The second-order valence-corrected chi connectivity index (χ2v) is 12.4. The zero-order valence-electron chi connectivity index (χ0n) is 20.0. The fraction of sp³-hybridized carbons (Fsp3) is 1.00. The van der Waals surface area contributed by atoms with Gasteiger partial charge in [-0.15, -0.1) is 18.5 Å². The van der Waals surface area contributed by atoms with Crippen LogP contribution in [0.3, 0.4) is 0 Å². The lowest BCUT2D eigenvalue weighted by molar-refractivity contribution is 0.0646. The lowest BCUT2D eigenvalue weighted by Gasteiger charge is -2.56. The molecule has 0 heterocycles. The summed E-state index contributed by atoms with van der Waals surface area (Å²) in [4.78, 5) is 0. The number of hydrogen-bond acceptors (Lipinski definition) is 0. The maximum atomic E-state index is 3.46. The van der Waals surface area contributed by atoms with E-state index >= 15 is 0 Å². The fourth-order valence-corrected chi connectivity index (χ4v) is 7.30. The second kappa shape index (κ2) is 14.8. The molecule has 0 aromatic rings. The monoisotopic (exact) mass is 428 g/mol. The Morgan fingerprint density at radius 3 is 0.929 bits per heavy atom. The molecule has 4 unspecified atom stereocenters. The molecule has 2 heteroatoms. The summed E-state index contributed by atoms with van der Waals surface area (Å²) in [5, 5.41) is 1.04. The normalized spacial score (nSPS) is 20.4. The van der Waals surface area contributed by atoms with Crippen molar-refractivity contribution in [1.82, 2.24) is 0 Å². The van der Waals surface area contributed by atoms with Crippen molar-refractivity contribution in [3.8, 4) is 0 Å². The molecule has 0 N–H and O–H groups in total. The molecular weight excluding hydrogens is 374 g/mol. The summed E-state index contributed by atoms with van der Waals surface area (Å²) in [7, 11) is 6.91. The molecule has 0 aromatic heterocycles. The summed E-state index contributed by atoms with van der Waals surface area (Å²) >= 11 is 0. The Hall–Kier alpha value is 0.860. The molecule has 0 bridgehead atoms. The fourth-order valence-electron chi connectivity index (χ4n) is 5.68. The van der Waals surface area contributed by atoms with E-state index in [-0.39, 0.29) is 0 Å². The Labute approximate surface area is 184 Å². The minimum atomic E-state index is 0.518. The van der Waals surface area contributed by atoms with E-state index in [1.807, 2.05) is 0 Å². The largest absolute Gasteiger partial charge is 0.131 e. The van der Waals surface area contributed by atoms with Crippen LogP contribution in [0.15, 0.2) is 0 Å². The predicted octanol–water partition coefficient (Wildman–Crippen LogP) is 9.56. The van der Waals surface area contributed by atoms with Crippen LogP contribution in [-0.2, 0) is 0 Å². The molecule has 0 spiro atoms. The first-order valence-corrected chi connectivity index (χ1v) is 14.2. The van der Waals surface area contributed by atoms with Gasteiger partial charge in [0.2, 0.25) is 0 Å². The first-order valence-electron chi connectivity index (χ1n) is 13.0. The molecule has 1 saturated carbocycles. The average Bonchev–Trinajstić information content (AvgIpc) is 2.61. The number of hydrogen-bond donors (Lipinski definition) is 0. The third kappa shape index (κ3) is 8.54. The van der Waals surface area contributed by atoms with Crippen molar-refractivity contribution in [3.63, 3.8) is 0 Å². The van der Waals surface area contributed by atoms with Gasteiger partial charge in [-0.05, 0) is 60.7 Å². The van der Waals surface area contributed by atoms with Crippen molar-refractivity contribution >= 4 is 18.5 Å². The van der Waals surface area contributed by atoms with E-state index in [4.69, 9.17) is 0 Å². The third-order valence-electron chi connectivity index (χ3n) is 7.73. The quantitative estimate of drug-likeness (QED) is 0.151. The Balaban J connectivity index is 2.86. The zero-order chi connectivity index (χ0) is 20.9. The lowest BCUT2D eigenvalue weighted by atomic mass is 9.57. The summed E-state index contributed by atoms with van der Waals surface area (Å²) in [5.41, 5.74) is 0. The molecule has 0 aliphatic heterocycles. The molecule has 4 atom stereocenters. The first kappa shape index (κ1) is 26.9. The topological polar surface area (TPSA) is 0 Å². The Morgan fingerprint density at radius 2 is 0.750 bits per heavy atom. The van der Waals surface area contributed by atoms with Crippen LogP contribution in [0.5, 0.6) is 0 Å². The maximum absolute atomic E-state index is 3.46. The molecule has 28 heavy (non-hydrogen) atoms. The van der Waals surface area contributed by atoms with Gasteiger partial charge in [-0.25, -0.2) is 0 Å². The van der Waals surface area contributed by atoms with E-state index in [0.717, 1.165) is 11.8 Å². The first-order chi connectivity index (χ1) is 13.5. The molecule has 1 rings (SSSR count). The van der Waals surface area contributed by atoms with Gasteiger partial charge < -0.3 is 0 Å². The molecule has 0 aromatic carbocycles. The van der Waals surface area contributed by atoms with E-state index in [1.54, 1.807) is 0 Å². The van der Waals surface area contributed by atoms with Crippen LogP contribution in [0, 0.1) is 11.8 Å². The van der Waals surface area contributed by atoms with Gasteiger partial charge in [0, 0.05) is 0 Å². The van der Waals surface area contributed by atoms with Gasteiger partial charge in [0.15, 0.2) is 0 Å². The molecule has 0 amide bonds. The molecule has 0 saturated heterocycles. The maximum Gasteiger partial charge on any atom is -0.0119 e. The van der Waals surface area contributed by atoms with Crippen molar-refractivity contribution in [2.45, 2.75) is 154 Å². The van der Waals surface area contributed by atoms with Crippen LogP contribution >= 0.6 is 18.5 Å². The molecule has 0 radical (unpaired) electrons. The SMILES string of the molecule is CCCCCC(P)(CCCCC)C1CCC1C(P)(CCCCC)CCCCC. The summed E-state index contributed by atoms with van der Waals surface area (Å²) < 4.78 is 0. The summed E-state index contributed by atoms with van der Waals surface area (Å²) in [6, 6.07) is 0. The van der Waals surface area contributed by atoms with E-state index in [9.17, 15) is 0 Å². The van der Waals surface area contributed by atoms with Crippen molar-refractivity contribution < 1.29 is 0 Å². The summed E-state index contributed by atoms with van der Waals surface area (Å²) in [6.07, 6.45) is 25.6.